The molecule has 0 amide bonds. The second-order valence-electron chi connectivity index (χ2n) is 5.30. The Hall–Kier alpha value is -1.31. The molecule has 1 aromatic rings. The molecule has 0 bridgehead atoms. The summed E-state index contributed by atoms with van der Waals surface area (Å²) in [4.78, 5) is 10.7. The van der Waals surface area contributed by atoms with Crippen molar-refractivity contribution in [3.63, 3.8) is 0 Å². The molecule has 0 saturated heterocycles. The Morgan fingerprint density at radius 3 is 2.19 bits per heavy atom. The minimum absolute atomic E-state index is 0.276. The van der Waals surface area contributed by atoms with E-state index in [-0.39, 0.29) is 5.97 Å². The molecule has 0 spiro atoms. The number of hydrogen-bond acceptors (Lipinski definition) is 2. The van der Waals surface area contributed by atoms with Crippen LogP contribution in [0.15, 0.2) is 24.3 Å². The molecule has 0 saturated carbocycles. The van der Waals surface area contributed by atoms with Crippen LogP contribution < -0.4 is 4.74 Å². The summed E-state index contributed by atoms with van der Waals surface area (Å²) in [6.07, 6.45) is 2.21. The van der Waals surface area contributed by atoms with E-state index in [1.807, 2.05) is 24.3 Å². The molecular weight excluding hydrogens is 200 g/mol. The molecule has 0 aliphatic carbocycles. The molecule has 0 aliphatic heterocycles. The molecule has 2 heteroatoms. The average Bonchev–Trinajstić information content (AvgIpc) is 2.14. The van der Waals surface area contributed by atoms with E-state index in [2.05, 4.69) is 20.8 Å². The van der Waals surface area contributed by atoms with Crippen LogP contribution in [0.3, 0.4) is 0 Å². The number of hydrogen-bond donors (Lipinski definition) is 0. The Bertz CT molecular complexity index is 344. The van der Waals surface area contributed by atoms with Gasteiger partial charge in [-0.05, 0) is 36.0 Å². The third-order valence-corrected chi connectivity index (χ3v) is 2.35. The normalized spacial score (nSPS) is 11.2. The molecule has 2 nitrogen and oxygen atoms in total. The van der Waals surface area contributed by atoms with Crippen molar-refractivity contribution in [3.8, 4) is 5.75 Å². The smallest absolute Gasteiger partial charge is 0.308 e. The summed E-state index contributed by atoms with van der Waals surface area (Å²) >= 11 is 0. The zero-order valence-corrected chi connectivity index (χ0v) is 10.5. The van der Waals surface area contributed by atoms with Gasteiger partial charge in [-0.3, -0.25) is 4.79 Å². The van der Waals surface area contributed by atoms with Crippen molar-refractivity contribution in [2.75, 3.05) is 0 Å². The summed E-state index contributed by atoms with van der Waals surface area (Å²) in [6.45, 7) is 8.12. The molecular formula is C14H20O2. The van der Waals surface area contributed by atoms with Crippen LogP contribution in [0.1, 0.15) is 39.7 Å². The fourth-order valence-corrected chi connectivity index (χ4v) is 1.41. The van der Waals surface area contributed by atoms with Crippen LogP contribution in [0.2, 0.25) is 0 Å². The molecule has 1 rings (SSSR count). The first-order valence-electron chi connectivity index (χ1n) is 5.64. The monoisotopic (exact) mass is 220 g/mol. The highest BCUT2D eigenvalue weighted by atomic mass is 16.5. The molecule has 0 unspecified atom stereocenters. The number of rotatable bonds is 3. The van der Waals surface area contributed by atoms with Crippen LogP contribution in [0, 0.1) is 5.41 Å². The van der Waals surface area contributed by atoms with Crippen molar-refractivity contribution in [3.05, 3.63) is 29.8 Å². The molecule has 0 aliphatic rings. The standard InChI is InChI=1S/C14H20O2/c1-11(15)16-13-7-5-12(6-8-13)9-10-14(2,3)4/h5-8H,9-10H2,1-4H3. The van der Waals surface area contributed by atoms with Crippen LogP contribution in [-0.4, -0.2) is 5.97 Å². The molecule has 0 aromatic heterocycles. The van der Waals surface area contributed by atoms with Crippen LogP contribution in [0.4, 0.5) is 0 Å². The van der Waals surface area contributed by atoms with E-state index in [4.69, 9.17) is 4.74 Å². The molecule has 16 heavy (non-hydrogen) atoms. The lowest BCUT2D eigenvalue weighted by atomic mass is 9.89. The third kappa shape index (κ3) is 4.96. The molecule has 0 heterocycles. The van der Waals surface area contributed by atoms with E-state index in [1.165, 1.54) is 12.5 Å². The highest BCUT2D eigenvalue weighted by Gasteiger charge is 2.09. The molecule has 88 valence electrons. The van der Waals surface area contributed by atoms with Crippen molar-refractivity contribution < 1.29 is 9.53 Å². The van der Waals surface area contributed by atoms with Gasteiger partial charge in [-0.15, -0.1) is 0 Å². The van der Waals surface area contributed by atoms with Crippen LogP contribution >= 0.6 is 0 Å². The quantitative estimate of drug-likeness (QED) is 0.574. The summed E-state index contributed by atoms with van der Waals surface area (Å²) < 4.78 is 4.98. The fraction of sp³-hybridized carbons (Fsp3) is 0.500. The Balaban J connectivity index is 2.55. The van der Waals surface area contributed by atoms with Crippen LogP contribution in [0.25, 0.3) is 0 Å². The summed E-state index contributed by atoms with van der Waals surface area (Å²) in [5, 5.41) is 0. The van der Waals surface area contributed by atoms with Gasteiger partial charge in [0.05, 0.1) is 0 Å². The predicted molar refractivity (Wildman–Crippen MR) is 65.5 cm³/mol. The van der Waals surface area contributed by atoms with E-state index < -0.39 is 0 Å². The maximum atomic E-state index is 10.7. The minimum Gasteiger partial charge on any atom is -0.427 e. The average molecular weight is 220 g/mol. The molecule has 0 N–H and O–H groups in total. The molecule has 0 atom stereocenters. The Morgan fingerprint density at radius 2 is 1.75 bits per heavy atom. The lowest BCUT2D eigenvalue weighted by molar-refractivity contribution is -0.131. The van der Waals surface area contributed by atoms with E-state index in [0.717, 1.165) is 12.8 Å². The summed E-state index contributed by atoms with van der Waals surface area (Å²) in [5.74, 6) is 0.342. The van der Waals surface area contributed by atoms with Crippen LogP contribution in [0.5, 0.6) is 5.75 Å². The maximum Gasteiger partial charge on any atom is 0.308 e. The molecule has 1 aromatic carbocycles. The molecule has 0 radical (unpaired) electrons. The van der Waals surface area contributed by atoms with Crippen molar-refractivity contribution in [1.82, 2.24) is 0 Å². The summed E-state index contributed by atoms with van der Waals surface area (Å²) in [7, 11) is 0. The summed E-state index contributed by atoms with van der Waals surface area (Å²) in [6, 6.07) is 7.73. The second kappa shape index (κ2) is 5.15. The number of ether oxygens (including phenoxy) is 1. The number of esters is 1. The van der Waals surface area contributed by atoms with Gasteiger partial charge in [0.1, 0.15) is 5.75 Å². The number of carbonyl (C=O) groups is 1. The van der Waals surface area contributed by atoms with Gasteiger partial charge in [0.15, 0.2) is 0 Å². The van der Waals surface area contributed by atoms with E-state index in [9.17, 15) is 4.79 Å². The van der Waals surface area contributed by atoms with Crippen molar-refractivity contribution in [2.45, 2.75) is 40.5 Å². The van der Waals surface area contributed by atoms with Gasteiger partial charge >= 0.3 is 5.97 Å². The SMILES string of the molecule is CC(=O)Oc1ccc(CCC(C)(C)C)cc1. The zero-order chi connectivity index (χ0) is 12.2. The highest BCUT2D eigenvalue weighted by molar-refractivity contribution is 5.69. The minimum atomic E-state index is -0.276. The Labute approximate surface area is 97.6 Å². The Kier molecular flexibility index (Phi) is 4.11. The lowest BCUT2D eigenvalue weighted by Crippen LogP contribution is -2.06. The third-order valence-electron chi connectivity index (χ3n) is 2.35. The second-order valence-corrected chi connectivity index (χ2v) is 5.30. The fourth-order valence-electron chi connectivity index (χ4n) is 1.41. The first-order valence-corrected chi connectivity index (χ1v) is 5.64. The topological polar surface area (TPSA) is 26.3 Å². The zero-order valence-electron chi connectivity index (χ0n) is 10.5. The summed E-state index contributed by atoms with van der Waals surface area (Å²) in [5.41, 5.74) is 1.64. The van der Waals surface area contributed by atoms with Crippen molar-refractivity contribution in [1.29, 1.82) is 0 Å². The van der Waals surface area contributed by atoms with Crippen molar-refractivity contribution >= 4 is 5.97 Å². The lowest BCUT2D eigenvalue weighted by Gasteiger charge is -2.17. The van der Waals surface area contributed by atoms with Gasteiger partial charge in [-0.2, -0.15) is 0 Å². The van der Waals surface area contributed by atoms with Gasteiger partial charge in [-0.25, -0.2) is 0 Å². The first kappa shape index (κ1) is 12.8. The van der Waals surface area contributed by atoms with Gasteiger partial charge in [0, 0.05) is 6.92 Å². The van der Waals surface area contributed by atoms with Gasteiger partial charge in [0.25, 0.3) is 0 Å². The maximum absolute atomic E-state index is 10.7. The molecule has 0 fully saturated rings. The van der Waals surface area contributed by atoms with Gasteiger partial charge in [0.2, 0.25) is 0 Å². The largest absolute Gasteiger partial charge is 0.427 e. The number of carbonyl (C=O) groups excluding carboxylic acids is 1. The highest BCUT2D eigenvalue weighted by Crippen LogP contribution is 2.22. The number of benzene rings is 1. The van der Waals surface area contributed by atoms with Crippen molar-refractivity contribution in [2.24, 2.45) is 5.41 Å². The first-order chi connectivity index (χ1) is 7.37. The van der Waals surface area contributed by atoms with Gasteiger partial charge in [-0.1, -0.05) is 32.9 Å². The van der Waals surface area contributed by atoms with E-state index in [0.29, 0.717) is 11.2 Å². The van der Waals surface area contributed by atoms with E-state index >= 15 is 0 Å². The van der Waals surface area contributed by atoms with Gasteiger partial charge < -0.3 is 4.74 Å². The van der Waals surface area contributed by atoms with Crippen LogP contribution in [-0.2, 0) is 11.2 Å². The van der Waals surface area contributed by atoms with E-state index in [1.54, 1.807) is 0 Å². The number of aryl methyl sites for hydroxylation is 1. The Morgan fingerprint density at radius 1 is 1.19 bits per heavy atom. The predicted octanol–water partition coefficient (Wildman–Crippen LogP) is 3.59.